The minimum absolute atomic E-state index is 0.0869. The first kappa shape index (κ1) is 8.47. The highest BCUT2D eigenvalue weighted by Gasteiger charge is 2.33. The van der Waals surface area contributed by atoms with Crippen LogP contribution in [0.15, 0.2) is 11.1 Å². The molecule has 0 aromatic carbocycles. The number of rotatable bonds is 3. The van der Waals surface area contributed by atoms with Crippen LogP contribution in [0, 0.1) is 0 Å². The molecule has 11 heavy (non-hydrogen) atoms. The van der Waals surface area contributed by atoms with Gasteiger partial charge in [0.05, 0.1) is 0 Å². The largest absolute Gasteiger partial charge is 0.380 e. The van der Waals surface area contributed by atoms with Gasteiger partial charge >= 0.3 is 0 Å². The third kappa shape index (κ3) is 1.36. The summed E-state index contributed by atoms with van der Waals surface area (Å²) in [4.78, 5) is 10.8. The molecular formula is C9H14O2. The van der Waals surface area contributed by atoms with Gasteiger partial charge in [-0.25, -0.2) is 0 Å². The molecule has 0 radical (unpaired) electrons. The lowest BCUT2D eigenvalue weighted by Crippen LogP contribution is -2.35. The van der Waals surface area contributed by atoms with Gasteiger partial charge in [-0.3, -0.25) is 4.79 Å². The Morgan fingerprint density at radius 3 is 2.64 bits per heavy atom. The zero-order valence-corrected chi connectivity index (χ0v) is 7.05. The highest BCUT2D eigenvalue weighted by atomic mass is 16.3. The van der Waals surface area contributed by atoms with Crippen LogP contribution in [0.4, 0.5) is 0 Å². The molecule has 1 rings (SSSR count). The third-order valence-electron chi connectivity index (χ3n) is 2.23. The van der Waals surface area contributed by atoms with E-state index in [1.165, 1.54) is 0 Å². The molecule has 62 valence electrons. The molecule has 0 saturated heterocycles. The Kier molecular flexibility index (Phi) is 2.45. The lowest BCUT2D eigenvalue weighted by atomic mass is 9.82. The Bertz CT molecular complexity index is 204. The van der Waals surface area contributed by atoms with E-state index in [0.29, 0.717) is 0 Å². The zero-order valence-electron chi connectivity index (χ0n) is 7.05. The molecule has 2 heteroatoms. The van der Waals surface area contributed by atoms with E-state index in [1.807, 2.05) is 0 Å². The Labute approximate surface area is 66.9 Å². The van der Waals surface area contributed by atoms with Gasteiger partial charge in [0.1, 0.15) is 6.10 Å². The standard InChI is InChI=1S/C9H14O2/c1-3-4-5-7-6(2)8(10)9(7)11/h9,11H,3-5H2,1-2H3. The van der Waals surface area contributed by atoms with Crippen molar-refractivity contribution >= 4 is 5.78 Å². The van der Waals surface area contributed by atoms with Gasteiger partial charge in [0.2, 0.25) is 0 Å². The molecule has 1 N–H and O–H groups in total. The summed E-state index contributed by atoms with van der Waals surface area (Å²) in [6.45, 7) is 3.89. The summed E-state index contributed by atoms with van der Waals surface area (Å²) in [7, 11) is 0. The Hall–Kier alpha value is -0.630. The summed E-state index contributed by atoms with van der Waals surface area (Å²) in [5.41, 5.74) is 1.74. The van der Waals surface area contributed by atoms with Crippen LogP contribution in [-0.4, -0.2) is 17.0 Å². The highest BCUT2D eigenvalue weighted by molar-refractivity contribution is 6.08. The lowest BCUT2D eigenvalue weighted by molar-refractivity contribution is -0.124. The minimum atomic E-state index is -0.762. The first-order valence-corrected chi connectivity index (χ1v) is 4.10. The third-order valence-corrected chi connectivity index (χ3v) is 2.23. The number of Topliss-reactive ketones (excluding diaryl/α,β-unsaturated/α-hetero) is 1. The average molecular weight is 154 g/mol. The van der Waals surface area contributed by atoms with Crippen LogP contribution in [0.25, 0.3) is 0 Å². The number of carbonyl (C=O) groups is 1. The van der Waals surface area contributed by atoms with Gasteiger partial charge in [-0.1, -0.05) is 13.3 Å². The SMILES string of the molecule is CCCCC1=C(C)C(=O)C1O. The van der Waals surface area contributed by atoms with Gasteiger partial charge in [-0.15, -0.1) is 0 Å². The van der Waals surface area contributed by atoms with Crippen molar-refractivity contribution in [2.45, 2.75) is 39.2 Å². The quantitative estimate of drug-likeness (QED) is 0.667. The smallest absolute Gasteiger partial charge is 0.191 e. The van der Waals surface area contributed by atoms with E-state index in [-0.39, 0.29) is 5.78 Å². The molecule has 1 unspecified atom stereocenters. The molecule has 0 heterocycles. The Morgan fingerprint density at radius 2 is 2.18 bits per heavy atom. The van der Waals surface area contributed by atoms with Crippen LogP contribution < -0.4 is 0 Å². The van der Waals surface area contributed by atoms with Crippen LogP contribution in [-0.2, 0) is 4.79 Å². The Morgan fingerprint density at radius 1 is 1.55 bits per heavy atom. The predicted molar refractivity (Wildman–Crippen MR) is 43.2 cm³/mol. The van der Waals surface area contributed by atoms with E-state index in [2.05, 4.69) is 6.92 Å². The maximum absolute atomic E-state index is 10.8. The van der Waals surface area contributed by atoms with E-state index in [4.69, 9.17) is 5.11 Å². The molecule has 0 amide bonds. The molecule has 1 aliphatic carbocycles. The van der Waals surface area contributed by atoms with Crippen LogP contribution in [0.3, 0.4) is 0 Å². The lowest BCUT2D eigenvalue weighted by Gasteiger charge is -2.25. The molecular weight excluding hydrogens is 140 g/mol. The summed E-state index contributed by atoms with van der Waals surface area (Å²) < 4.78 is 0. The predicted octanol–water partition coefficient (Wildman–Crippen LogP) is 1.44. The molecule has 0 aromatic heterocycles. The molecule has 0 fully saturated rings. The van der Waals surface area contributed by atoms with Crippen molar-refractivity contribution < 1.29 is 9.90 Å². The zero-order chi connectivity index (χ0) is 8.43. The first-order chi connectivity index (χ1) is 5.18. The summed E-state index contributed by atoms with van der Waals surface area (Å²) in [6.07, 6.45) is 2.30. The number of hydrogen-bond donors (Lipinski definition) is 1. The van der Waals surface area contributed by atoms with Crippen molar-refractivity contribution in [3.63, 3.8) is 0 Å². The molecule has 0 spiro atoms. The van der Waals surface area contributed by atoms with Gasteiger partial charge < -0.3 is 5.11 Å². The molecule has 0 bridgehead atoms. The highest BCUT2D eigenvalue weighted by Crippen LogP contribution is 2.28. The number of ketones is 1. The van der Waals surface area contributed by atoms with E-state index >= 15 is 0 Å². The second kappa shape index (κ2) is 3.18. The van der Waals surface area contributed by atoms with E-state index in [1.54, 1.807) is 6.92 Å². The number of hydrogen-bond acceptors (Lipinski definition) is 2. The molecule has 1 aliphatic rings. The second-order valence-electron chi connectivity index (χ2n) is 3.02. The van der Waals surface area contributed by atoms with Gasteiger partial charge in [-0.05, 0) is 30.9 Å². The fraction of sp³-hybridized carbons (Fsp3) is 0.667. The second-order valence-corrected chi connectivity index (χ2v) is 3.02. The monoisotopic (exact) mass is 154 g/mol. The number of aliphatic hydroxyl groups is 1. The minimum Gasteiger partial charge on any atom is -0.380 e. The van der Waals surface area contributed by atoms with Crippen LogP contribution in [0.2, 0.25) is 0 Å². The fourth-order valence-corrected chi connectivity index (χ4v) is 1.34. The maximum atomic E-state index is 10.8. The molecule has 0 aliphatic heterocycles. The number of unbranched alkanes of at least 4 members (excludes halogenated alkanes) is 1. The van der Waals surface area contributed by atoms with Crippen molar-refractivity contribution in [1.82, 2.24) is 0 Å². The number of aliphatic hydroxyl groups excluding tert-OH is 1. The van der Waals surface area contributed by atoms with E-state index < -0.39 is 6.10 Å². The summed E-state index contributed by atoms with van der Waals surface area (Å²) in [6, 6.07) is 0. The molecule has 2 nitrogen and oxygen atoms in total. The van der Waals surface area contributed by atoms with Gasteiger partial charge in [0.25, 0.3) is 0 Å². The van der Waals surface area contributed by atoms with Crippen molar-refractivity contribution in [2.75, 3.05) is 0 Å². The number of carbonyl (C=O) groups excluding carboxylic acids is 1. The van der Waals surface area contributed by atoms with Crippen molar-refractivity contribution in [3.05, 3.63) is 11.1 Å². The van der Waals surface area contributed by atoms with E-state index in [9.17, 15) is 4.79 Å². The molecule has 1 atom stereocenters. The summed E-state index contributed by atoms with van der Waals surface area (Å²) in [5, 5.41) is 9.17. The first-order valence-electron chi connectivity index (χ1n) is 4.10. The van der Waals surface area contributed by atoms with Gasteiger partial charge in [0, 0.05) is 0 Å². The van der Waals surface area contributed by atoms with Crippen molar-refractivity contribution in [3.8, 4) is 0 Å². The van der Waals surface area contributed by atoms with Crippen molar-refractivity contribution in [2.24, 2.45) is 0 Å². The Balaban J connectivity index is 2.53. The normalized spacial score (nSPS) is 23.9. The van der Waals surface area contributed by atoms with E-state index in [0.717, 1.165) is 30.4 Å². The van der Waals surface area contributed by atoms with Crippen LogP contribution in [0.5, 0.6) is 0 Å². The topological polar surface area (TPSA) is 37.3 Å². The van der Waals surface area contributed by atoms with Gasteiger partial charge in [-0.2, -0.15) is 0 Å². The molecule has 0 saturated carbocycles. The molecule has 0 aromatic rings. The van der Waals surface area contributed by atoms with Gasteiger partial charge in [0.15, 0.2) is 5.78 Å². The van der Waals surface area contributed by atoms with Crippen molar-refractivity contribution in [1.29, 1.82) is 0 Å². The maximum Gasteiger partial charge on any atom is 0.191 e. The average Bonchev–Trinajstić information content (AvgIpc) is 2.04. The van der Waals surface area contributed by atoms with Crippen LogP contribution in [0.1, 0.15) is 33.1 Å². The summed E-state index contributed by atoms with van der Waals surface area (Å²) in [5.74, 6) is -0.0869. The van der Waals surface area contributed by atoms with Crippen LogP contribution >= 0.6 is 0 Å². The fourth-order valence-electron chi connectivity index (χ4n) is 1.34. The summed E-state index contributed by atoms with van der Waals surface area (Å²) >= 11 is 0.